The number of sulfonamides is 1. The van der Waals surface area contributed by atoms with Gasteiger partial charge in [0, 0.05) is 23.3 Å². The first-order valence-corrected chi connectivity index (χ1v) is 12.5. The minimum atomic E-state index is -3.99. The van der Waals surface area contributed by atoms with Crippen molar-refractivity contribution in [3.8, 4) is 11.5 Å². The monoisotopic (exact) mass is 500 g/mol. The van der Waals surface area contributed by atoms with Crippen molar-refractivity contribution in [2.45, 2.75) is 32.2 Å². The van der Waals surface area contributed by atoms with Gasteiger partial charge in [-0.1, -0.05) is 41.4 Å². The minimum Gasteiger partial charge on any atom is -0.454 e. The van der Waals surface area contributed by atoms with Crippen molar-refractivity contribution in [1.29, 1.82) is 0 Å². The Morgan fingerprint density at radius 2 is 1.62 bits per heavy atom. The van der Waals surface area contributed by atoms with Crippen LogP contribution in [0.5, 0.6) is 11.5 Å². The molecule has 1 aliphatic heterocycles. The van der Waals surface area contributed by atoms with Crippen LogP contribution in [0, 0.1) is 20.8 Å². The molecule has 0 fully saturated rings. The molecule has 0 aliphatic carbocycles. The number of rotatable bonds is 7. The molecule has 0 unspecified atom stereocenters. The number of hydrogen-bond acceptors (Lipinski definition) is 5. The van der Waals surface area contributed by atoms with Crippen molar-refractivity contribution in [2.24, 2.45) is 0 Å². The first-order chi connectivity index (χ1) is 16.1. The Morgan fingerprint density at radius 3 is 2.29 bits per heavy atom. The fraction of sp³-hybridized carbons (Fsp3) is 0.240. The van der Waals surface area contributed by atoms with Gasteiger partial charge in [0.1, 0.15) is 0 Å². The summed E-state index contributed by atoms with van der Waals surface area (Å²) in [4.78, 5) is 13.2. The zero-order valence-electron chi connectivity index (χ0n) is 19.1. The fourth-order valence-electron chi connectivity index (χ4n) is 4.06. The lowest BCUT2D eigenvalue weighted by molar-refractivity contribution is -0.116. The lowest BCUT2D eigenvalue weighted by atomic mass is 10.1. The summed E-state index contributed by atoms with van der Waals surface area (Å²) < 4.78 is 39.4. The third-order valence-corrected chi connectivity index (χ3v) is 7.80. The van der Waals surface area contributed by atoms with Gasteiger partial charge in [-0.05, 0) is 61.7 Å². The van der Waals surface area contributed by atoms with E-state index in [0.29, 0.717) is 38.9 Å². The van der Waals surface area contributed by atoms with E-state index in [1.165, 1.54) is 4.31 Å². The highest BCUT2D eigenvalue weighted by atomic mass is 35.5. The molecule has 0 saturated carbocycles. The number of hydrogen-bond donors (Lipinski definition) is 1. The maximum atomic E-state index is 13.8. The van der Waals surface area contributed by atoms with Crippen molar-refractivity contribution >= 4 is 33.2 Å². The van der Waals surface area contributed by atoms with Crippen LogP contribution in [0.15, 0.2) is 59.5 Å². The number of nitrogens with one attached hydrogen (secondary N) is 1. The van der Waals surface area contributed by atoms with Crippen molar-refractivity contribution < 1.29 is 22.7 Å². The minimum absolute atomic E-state index is 0.0147. The number of halogens is 1. The average Bonchev–Trinajstić information content (AvgIpc) is 3.21. The van der Waals surface area contributed by atoms with Crippen molar-refractivity contribution in [2.75, 3.05) is 18.7 Å². The molecule has 1 amide bonds. The summed E-state index contributed by atoms with van der Waals surface area (Å²) in [6.07, 6.45) is 0. The quantitative estimate of drug-likeness (QED) is 0.502. The Hall–Kier alpha value is -3.07. The van der Waals surface area contributed by atoms with E-state index in [9.17, 15) is 13.2 Å². The Balaban J connectivity index is 1.63. The van der Waals surface area contributed by atoms with Crippen LogP contribution in [-0.2, 0) is 21.4 Å². The van der Waals surface area contributed by atoms with E-state index < -0.39 is 15.9 Å². The largest absolute Gasteiger partial charge is 0.454 e. The number of fused-ring (bicyclic) bond motifs is 1. The number of aryl methyl sites for hydroxylation is 3. The molecule has 9 heteroatoms. The second-order valence-corrected chi connectivity index (χ2v) is 10.6. The Kier molecular flexibility index (Phi) is 6.84. The molecule has 1 N–H and O–H groups in total. The second kappa shape index (κ2) is 9.66. The molecular weight excluding hydrogens is 476 g/mol. The normalized spacial score (nSPS) is 12.7. The van der Waals surface area contributed by atoms with E-state index in [4.69, 9.17) is 21.1 Å². The summed E-state index contributed by atoms with van der Waals surface area (Å²) in [5.41, 5.74) is 3.44. The highest BCUT2D eigenvalue weighted by Gasteiger charge is 2.30. The molecule has 0 bridgehead atoms. The van der Waals surface area contributed by atoms with Gasteiger partial charge in [-0.3, -0.25) is 4.79 Å². The summed E-state index contributed by atoms with van der Waals surface area (Å²) in [5, 5.41) is 3.30. The molecule has 4 rings (SSSR count). The standard InChI is InChI=1S/C25H25ClN2O5S/c1-16-10-17(2)25(18(3)11-16)34(30,31)28(13-19-4-6-20(26)7-5-19)14-24(29)27-21-8-9-22-23(12-21)33-15-32-22/h4-12H,13-15H2,1-3H3,(H,27,29). The number of carbonyl (C=O) groups is 1. The van der Waals surface area contributed by atoms with Crippen molar-refractivity contribution in [3.05, 3.63) is 81.9 Å². The van der Waals surface area contributed by atoms with Crippen LogP contribution >= 0.6 is 11.6 Å². The van der Waals surface area contributed by atoms with Gasteiger partial charge in [-0.2, -0.15) is 4.31 Å². The summed E-state index contributed by atoms with van der Waals surface area (Å²) in [6, 6.07) is 15.5. The molecule has 0 spiro atoms. The lowest BCUT2D eigenvalue weighted by Gasteiger charge is -2.24. The van der Waals surface area contributed by atoms with Gasteiger partial charge in [0.15, 0.2) is 11.5 Å². The van der Waals surface area contributed by atoms with E-state index in [0.717, 1.165) is 5.56 Å². The molecule has 1 aliphatic rings. The van der Waals surface area contributed by atoms with E-state index in [-0.39, 0.29) is 24.8 Å². The third kappa shape index (κ3) is 5.19. The van der Waals surface area contributed by atoms with Crippen LogP contribution < -0.4 is 14.8 Å². The molecule has 34 heavy (non-hydrogen) atoms. The molecule has 178 valence electrons. The van der Waals surface area contributed by atoms with E-state index in [1.807, 2.05) is 19.1 Å². The molecule has 7 nitrogen and oxygen atoms in total. The summed E-state index contributed by atoms with van der Waals surface area (Å²) >= 11 is 5.99. The number of carbonyl (C=O) groups excluding carboxylic acids is 1. The predicted octanol–water partition coefficient (Wildman–Crippen LogP) is 4.82. The van der Waals surface area contributed by atoms with Gasteiger partial charge in [-0.25, -0.2) is 8.42 Å². The SMILES string of the molecule is Cc1cc(C)c(S(=O)(=O)N(CC(=O)Nc2ccc3c(c2)OCO3)Cc2ccc(Cl)cc2)c(C)c1. The number of anilines is 1. The van der Waals surface area contributed by atoms with Crippen LogP contribution in [-0.4, -0.2) is 32.0 Å². The molecule has 0 radical (unpaired) electrons. The molecule has 0 saturated heterocycles. The lowest BCUT2D eigenvalue weighted by Crippen LogP contribution is -2.38. The number of nitrogens with zero attached hydrogens (tertiary/aromatic N) is 1. The van der Waals surface area contributed by atoms with Gasteiger partial charge in [0.05, 0.1) is 11.4 Å². The molecule has 0 aromatic heterocycles. The Bertz CT molecular complexity index is 1320. The van der Waals surface area contributed by atoms with E-state index in [1.54, 1.807) is 56.3 Å². The van der Waals surface area contributed by atoms with Crippen LogP contribution in [0.25, 0.3) is 0 Å². The zero-order chi connectivity index (χ0) is 24.5. The Morgan fingerprint density at radius 1 is 0.971 bits per heavy atom. The summed E-state index contributed by atoms with van der Waals surface area (Å²) in [7, 11) is -3.99. The van der Waals surface area contributed by atoms with Crippen molar-refractivity contribution in [1.82, 2.24) is 4.31 Å². The Labute approximate surface area is 204 Å². The van der Waals surface area contributed by atoms with Crippen LogP contribution in [0.1, 0.15) is 22.3 Å². The highest BCUT2D eigenvalue weighted by Crippen LogP contribution is 2.34. The van der Waals surface area contributed by atoms with Crippen LogP contribution in [0.2, 0.25) is 5.02 Å². The van der Waals surface area contributed by atoms with Gasteiger partial charge < -0.3 is 14.8 Å². The molecule has 1 heterocycles. The first kappa shape index (κ1) is 24.1. The average molecular weight is 501 g/mol. The first-order valence-electron chi connectivity index (χ1n) is 10.7. The van der Waals surface area contributed by atoms with E-state index >= 15 is 0 Å². The van der Waals surface area contributed by atoms with Crippen molar-refractivity contribution in [3.63, 3.8) is 0 Å². The molecule has 3 aromatic carbocycles. The molecule has 0 atom stereocenters. The van der Waals surface area contributed by atoms with Gasteiger partial charge in [0.25, 0.3) is 0 Å². The van der Waals surface area contributed by atoms with Gasteiger partial charge in [-0.15, -0.1) is 0 Å². The maximum absolute atomic E-state index is 13.8. The number of benzene rings is 3. The fourth-order valence-corrected chi connectivity index (χ4v) is 5.98. The van der Waals surface area contributed by atoms with E-state index in [2.05, 4.69) is 5.32 Å². The summed E-state index contributed by atoms with van der Waals surface area (Å²) in [6.45, 7) is 5.21. The number of ether oxygens (including phenoxy) is 2. The topological polar surface area (TPSA) is 84.9 Å². The second-order valence-electron chi connectivity index (χ2n) is 8.24. The summed E-state index contributed by atoms with van der Waals surface area (Å²) in [5.74, 6) is 0.642. The van der Waals surface area contributed by atoms with Crippen LogP contribution in [0.3, 0.4) is 0 Å². The number of amides is 1. The predicted molar refractivity (Wildman–Crippen MR) is 131 cm³/mol. The van der Waals surface area contributed by atoms with Crippen LogP contribution in [0.4, 0.5) is 5.69 Å². The van der Waals surface area contributed by atoms with Gasteiger partial charge >= 0.3 is 0 Å². The smallest absolute Gasteiger partial charge is 0.244 e. The zero-order valence-corrected chi connectivity index (χ0v) is 20.7. The third-order valence-electron chi connectivity index (χ3n) is 5.45. The highest BCUT2D eigenvalue weighted by molar-refractivity contribution is 7.89. The molecule has 3 aromatic rings. The maximum Gasteiger partial charge on any atom is 0.244 e. The van der Waals surface area contributed by atoms with Gasteiger partial charge in [0.2, 0.25) is 22.7 Å². The molecular formula is C25H25ClN2O5S.